The maximum atomic E-state index is 13.1. The topological polar surface area (TPSA) is 121 Å². The number of nitrogens with two attached hydrogens (primary N) is 1. The van der Waals surface area contributed by atoms with Crippen molar-refractivity contribution in [3.63, 3.8) is 0 Å². The lowest BCUT2D eigenvalue weighted by Gasteiger charge is -2.28. The molecule has 1 rings (SSSR count). The van der Waals surface area contributed by atoms with Gasteiger partial charge in [0.2, 0.25) is 0 Å². The van der Waals surface area contributed by atoms with E-state index in [0.29, 0.717) is 0 Å². The number of aromatic hydroxyl groups is 2. The Morgan fingerprint density at radius 2 is 1.31 bits per heavy atom. The lowest BCUT2D eigenvalue weighted by molar-refractivity contribution is 0.0814. The van der Waals surface area contributed by atoms with E-state index in [2.05, 4.69) is 0 Å². The molecule has 0 saturated carbocycles. The minimum Gasteiger partial charge on any atom is -0.504 e. The Balaban J connectivity index is 0.00000625. The van der Waals surface area contributed by atoms with Crippen molar-refractivity contribution in [3.8, 4) is 11.5 Å². The summed E-state index contributed by atoms with van der Waals surface area (Å²) >= 11 is 0. The van der Waals surface area contributed by atoms with E-state index in [0.717, 1.165) is 0 Å². The predicted octanol–water partition coefficient (Wildman–Crippen LogP) is 3.28. The lowest BCUT2D eigenvalue weighted by atomic mass is 9.75. The molecule has 1 aromatic carbocycles. The van der Waals surface area contributed by atoms with Crippen LogP contribution in [0.15, 0.2) is 0 Å². The molecule has 0 unspecified atom stereocenters. The number of carbonyl (C=O) groups is 2. The van der Waals surface area contributed by atoms with Crippen LogP contribution in [0.5, 0.6) is 11.5 Å². The van der Waals surface area contributed by atoms with Gasteiger partial charge in [-0.25, -0.2) is 0 Å². The number of Topliss-reactive ketones (excluding diaryl/α,β-unsaturated/α-hetero) is 2. The summed E-state index contributed by atoms with van der Waals surface area (Å²) in [6.45, 7) is 11.3. The van der Waals surface area contributed by atoms with Gasteiger partial charge in [0, 0.05) is 34.1 Å². The first-order valence-electron chi connectivity index (χ1n) is 8.22. The third-order valence-electron chi connectivity index (χ3n) is 4.11. The van der Waals surface area contributed by atoms with Gasteiger partial charge in [-0.05, 0) is 6.92 Å². The molecule has 7 heteroatoms. The van der Waals surface area contributed by atoms with Crippen LogP contribution in [0.3, 0.4) is 0 Å². The molecule has 0 spiro atoms. The second kappa shape index (κ2) is 7.94. The van der Waals surface area contributed by atoms with Crippen LogP contribution < -0.4 is 5.73 Å². The molecule has 5 N–H and O–H groups in total. The third kappa shape index (κ3) is 4.37. The average molecular weight is 388 g/mol. The van der Waals surface area contributed by atoms with Gasteiger partial charge < -0.3 is 21.1 Å². The van der Waals surface area contributed by atoms with E-state index in [1.165, 1.54) is 6.92 Å². The standard InChI is InChI=1S/C19H29NO5.ClH/c1-9-11(10(21)8-20)12(16(24)18(2,3)4)13(15(23)14(9)22)17(25)19(5,6)7;/h10,21-23H,8,20H2,1-7H3;1H/t10-;/m0./s1. The van der Waals surface area contributed by atoms with Crippen molar-refractivity contribution in [2.24, 2.45) is 16.6 Å². The third-order valence-corrected chi connectivity index (χ3v) is 4.11. The smallest absolute Gasteiger partial charge is 0.172 e. The van der Waals surface area contributed by atoms with Gasteiger partial charge in [-0.15, -0.1) is 12.4 Å². The van der Waals surface area contributed by atoms with Crippen molar-refractivity contribution in [2.75, 3.05) is 6.54 Å². The molecule has 0 amide bonds. The Bertz CT molecular complexity index is 714. The fraction of sp³-hybridized carbons (Fsp3) is 0.579. The SMILES string of the molecule is Cc1c(O)c(O)c(C(=O)C(C)(C)C)c(C(=O)C(C)(C)C)c1[C@@H](O)CN.Cl. The van der Waals surface area contributed by atoms with Crippen LogP contribution in [0.4, 0.5) is 0 Å². The Labute approximate surface area is 160 Å². The Morgan fingerprint density at radius 1 is 0.923 bits per heavy atom. The number of hydrogen-bond donors (Lipinski definition) is 4. The fourth-order valence-corrected chi connectivity index (χ4v) is 2.61. The molecular formula is C19H30ClNO5. The number of ketones is 2. The number of phenolic OH excluding ortho intramolecular Hbond substituents is 2. The highest BCUT2D eigenvalue weighted by Gasteiger charge is 2.38. The first-order chi connectivity index (χ1) is 11.2. The molecule has 148 valence electrons. The van der Waals surface area contributed by atoms with Gasteiger partial charge in [0.15, 0.2) is 23.1 Å². The molecule has 0 aliphatic heterocycles. The fourth-order valence-electron chi connectivity index (χ4n) is 2.61. The van der Waals surface area contributed by atoms with E-state index < -0.39 is 40.0 Å². The minimum absolute atomic E-state index is 0. The van der Waals surface area contributed by atoms with Crippen LogP contribution >= 0.6 is 12.4 Å². The van der Waals surface area contributed by atoms with Crippen molar-refractivity contribution in [1.82, 2.24) is 0 Å². The predicted molar refractivity (Wildman–Crippen MR) is 103 cm³/mol. The van der Waals surface area contributed by atoms with E-state index in [9.17, 15) is 24.9 Å². The second-order valence-corrected chi connectivity index (χ2v) is 8.40. The molecule has 6 nitrogen and oxygen atoms in total. The number of halogens is 1. The van der Waals surface area contributed by atoms with E-state index >= 15 is 0 Å². The summed E-state index contributed by atoms with van der Waals surface area (Å²) < 4.78 is 0. The molecular weight excluding hydrogens is 358 g/mol. The highest BCUT2D eigenvalue weighted by atomic mass is 35.5. The molecule has 0 aliphatic carbocycles. The van der Waals surface area contributed by atoms with Crippen molar-refractivity contribution in [3.05, 3.63) is 22.3 Å². The van der Waals surface area contributed by atoms with Crippen LogP contribution in [-0.4, -0.2) is 33.4 Å². The Kier molecular flexibility index (Phi) is 7.45. The molecule has 0 saturated heterocycles. The molecule has 0 aliphatic rings. The highest BCUT2D eigenvalue weighted by molar-refractivity contribution is 6.15. The summed E-state index contributed by atoms with van der Waals surface area (Å²) in [6, 6.07) is 0. The van der Waals surface area contributed by atoms with Crippen molar-refractivity contribution in [1.29, 1.82) is 0 Å². The summed E-state index contributed by atoms with van der Waals surface area (Å²) in [6.07, 6.45) is -1.25. The first-order valence-corrected chi connectivity index (χ1v) is 8.22. The van der Waals surface area contributed by atoms with E-state index in [-0.39, 0.29) is 41.2 Å². The zero-order chi connectivity index (χ0) is 19.9. The van der Waals surface area contributed by atoms with Gasteiger partial charge in [0.25, 0.3) is 0 Å². The number of carbonyl (C=O) groups excluding carboxylic acids is 2. The normalized spacial score (nSPS) is 13.1. The molecule has 0 fully saturated rings. The number of aliphatic hydroxyl groups is 1. The number of hydrogen-bond acceptors (Lipinski definition) is 6. The van der Waals surface area contributed by atoms with Gasteiger partial charge >= 0.3 is 0 Å². The van der Waals surface area contributed by atoms with Crippen LogP contribution in [-0.2, 0) is 0 Å². The van der Waals surface area contributed by atoms with Crippen LogP contribution in [0.25, 0.3) is 0 Å². The van der Waals surface area contributed by atoms with E-state index in [4.69, 9.17) is 5.73 Å². The second-order valence-electron chi connectivity index (χ2n) is 8.40. The maximum absolute atomic E-state index is 13.1. The van der Waals surface area contributed by atoms with Crippen molar-refractivity contribution >= 4 is 24.0 Å². The van der Waals surface area contributed by atoms with Crippen molar-refractivity contribution < 1.29 is 24.9 Å². The quantitative estimate of drug-likeness (QED) is 0.464. The number of phenols is 2. The van der Waals surface area contributed by atoms with Gasteiger partial charge in [0.1, 0.15) is 0 Å². The monoisotopic (exact) mass is 387 g/mol. The van der Waals surface area contributed by atoms with Gasteiger partial charge in [-0.2, -0.15) is 0 Å². The molecule has 0 radical (unpaired) electrons. The molecule has 0 aromatic heterocycles. The van der Waals surface area contributed by atoms with Crippen LogP contribution in [0, 0.1) is 17.8 Å². The summed E-state index contributed by atoms with van der Waals surface area (Å²) in [7, 11) is 0. The Morgan fingerprint density at radius 3 is 1.65 bits per heavy atom. The van der Waals surface area contributed by atoms with E-state index in [1.807, 2.05) is 0 Å². The first kappa shape index (κ1) is 24.4. The lowest BCUT2D eigenvalue weighted by Crippen LogP contribution is -2.30. The summed E-state index contributed by atoms with van der Waals surface area (Å²) in [5, 5.41) is 31.1. The largest absolute Gasteiger partial charge is 0.504 e. The van der Waals surface area contributed by atoms with Gasteiger partial charge in [-0.1, -0.05) is 41.5 Å². The zero-order valence-corrected chi connectivity index (χ0v) is 17.2. The van der Waals surface area contributed by atoms with Gasteiger partial charge in [0.05, 0.1) is 11.7 Å². The van der Waals surface area contributed by atoms with Crippen molar-refractivity contribution in [2.45, 2.75) is 54.6 Å². The summed E-state index contributed by atoms with van der Waals surface area (Å²) in [5.74, 6) is -2.09. The summed E-state index contributed by atoms with van der Waals surface area (Å²) in [4.78, 5) is 26.0. The van der Waals surface area contributed by atoms with Gasteiger partial charge in [-0.3, -0.25) is 9.59 Å². The molecule has 0 bridgehead atoms. The minimum atomic E-state index is -1.25. The average Bonchev–Trinajstić information content (AvgIpc) is 2.48. The summed E-state index contributed by atoms with van der Waals surface area (Å²) in [5.41, 5.74) is 3.67. The molecule has 0 heterocycles. The maximum Gasteiger partial charge on any atom is 0.172 e. The molecule has 1 aromatic rings. The number of rotatable bonds is 4. The molecule has 26 heavy (non-hydrogen) atoms. The van der Waals surface area contributed by atoms with Crippen LogP contribution in [0.2, 0.25) is 0 Å². The van der Waals surface area contributed by atoms with E-state index in [1.54, 1.807) is 41.5 Å². The van der Waals surface area contributed by atoms with Crippen LogP contribution in [0.1, 0.15) is 79.5 Å². The zero-order valence-electron chi connectivity index (χ0n) is 16.4. The highest BCUT2D eigenvalue weighted by Crippen LogP contribution is 2.44. The number of benzene rings is 1. The Hall–Kier alpha value is -1.63. The number of aliphatic hydroxyl groups excluding tert-OH is 1. The molecule has 1 atom stereocenters.